The monoisotopic (exact) mass is 269 g/mol. The standard InChI is InChI=1S/C13H23N3OS/c1-4-5-15-11-6-12(8-14-7-11)16-10(2)13(9-17)18-3/h6-8,10,13,15-17H,4-5,9H2,1-3H3. The summed E-state index contributed by atoms with van der Waals surface area (Å²) in [5.41, 5.74) is 2.01. The van der Waals surface area contributed by atoms with E-state index >= 15 is 0 Å². The van der Waals surface area contributed by atoms with Gasteiger partial charge in [-0.25, -0.2) is 0 Å². The van der Waals surface area contributed by atoms with Crippen molar-refractivity contribution < 1.29 is 5.11 Å². The van der Waals surface area contributed by atoms with E-state index in [1.165, 1.54) is 0 Å². The first kappa shape index (κ1) is 15.1. The fraction of sp³-hybridized carbons (Fsp3) is 0.615. The van der Waals surface area contributed by atoms with Crippen molar-refractivity contribution in [3.05, 3.63) is 18.5 Å². The Morgan fingerprint density at radius 3 is 2.72 bits per heavy atom. The van der Waals surface area contributed by atoms with E-state index in [1.807, 2.05) is 24.7 Å². The third kappa shape index (κ3) is 4.74. The number of thioether (sulfide) groups is 1. The number of hydrogen-bond donors (Lipinski definition) is 3. The van der Waals surface area contributed by atoms with Gasteiger partial charge in [-0.05, 0) is 25.7 Å². The van der Waals surface area contributed by atoms with Gasteiger partial charge in [-0.2, -0.15) is 11.8 Å². The van der Waals surface area contributed by atoms with E-state index in [4.69, 9.17) is 0 Å². The molecule has 2 unspecified atom stereocenters. The summed E-state index contributed by atoms with van der Waals surface area (Å²) in [6, 6.07) is 2.25. The van der Waals surface area contributed by atoms with E-state index in [2.05, 4.69) is 29.5 Å². The van der Waals surface area contributed by atoms with E-state index in [-0.39, 0.29) is 17.9 Å². The van der Waals surface area contributed by atoms with Crippen LogP contribution in [-0.2, 0) is 0 Å². The maximum absolute atomic E-state index is 9.26. The first-order valence-corrected chi connectivity index (χ1v) is 7.59. The molecule has 2 atom stereocenters. The van der Waals surface area contributed by atoms with Gasteiger partial charge in [0, 0.05) is 17.8 Å². The van der Waals surface area contributed by atoms with Crippen LogP contribution in [0.5, 0.6) is 0 Å². The minimum atomic E-state index is 0.177. The molecule has 3 N–H and O–H groups in total. The van der Waals surface area contributed by atoms with Crippen LogP contribution >= 0.6 is 11.8 Å². The second-order valence-corrected chi connectivity index (χ2v) is 5.36. The van der Waals surface area contributed by atoms with Gasteiger partial charge in [-0.3, -0.25) is 4.98 Å². The summed E-state index contributed by atoms with van der Waals surface area (Å²) < 4.78 is 0. The fourth-order valence-electron chi connectivity index (χ4n) is 1.68. The third-order valence-electron chi connectivity index (χ3n) is 2.75. The maximum Gasteiger partial charge on any atom is 0.0569 e. The summed E-state index contributed by atoms with van der Waals surface area (Å²) in [6.45, 7) is 5.33. The number of nitrogens with one attached hydrogen (secondary N) is 2. The second kappa shape index (κ2) is 8.21. The predicted octanol–water partition coefficient (Wildman–Crippen LogP) is 2.43. The van der Waals surface area contributed by atoms with Crippen molar-refractivity contribution >= 4 is 23.1 Å². The molecule has 18 heavy (non-hydrogen) atoms. The highest BCUT2D eigenvalue weighted by Crippen LogP contribution is 2.18. The fourth-order valence-corrected chi connectivity index (χ4v) is 2.30. The summed E-state index contributed by atoms with van der Waals surface area (Å²) in [4.78, 5) is 4.21. The van der Waals surface area contributed by atoms with Crippen LogP contribution in [0, 0.1) is 0 Å². The van der Waals surface area contributed by atoms with E-state index in [0.29, 0.717) is 0 Å². The molecular formula is C13H23N3OS. The number of nitrogens with zero attached hydrogens (tertiary/aromatic N) is 1. The third-order valence-corrected chi connectivity index (χ3v) is 3.91. The Bertz CT molecular complexity index is 345. The van der Waals surface area contributed by atoms with Crippen molar-refractivity contribution in [1.82, 2.24) is 4.98 Å². The van der Waals surface area contributed by atoms with Gasteiger partial charge in [0.25, 0.3) is 0 Å². The molecule has 1 rings (SSSR count). The summed E-state index contributed by atoms with van der Waals surface area (Å²) in [7, 11) is 0. The van der Waals surface area contributed by atoms with Gasteiger partial charge < -0.3 is 15.7 Å². The lowest BCUT2D eigenvalue weighted by Gasteiger charge is -2.22. The van der Waals surface area contributed by atoms with Crippen molar-refractivity contribution in [2.24, 2.45) is 0 Å². The number of rotatable bonds is 8. The highest BCUT2D eigenvalue weighted by molar-refractivity contribution is 7.99. The van der Waals surface area contributed by atoms with E-state index in [1.54, 1.807) is 11.8 Å². The largest absolute Gasteiger partial charge is 0.395 e. The first-order chi connectivity index (χ1) is 8.71. The van der Waals surface area contributed by atoms with Crippen molar-refractivity contribution in [2.75, 3.05) is 30.0 Å². The summed E-state index contributed by atoms with van der Waals surface area (Å²) in [5, 5.41) is 16.1. The highest BCUT2D eigenvalue weighted by atomic mass is 32.2. The average Bonchev–Trinajstić information content (AvgIpc) is 2.38. The lowest BCUT2D eigenvalue weighted by Crippen LogP contribution is -2.30. The Morgan fingerprint density at radius 1 is 1.39 bits per heavy atom. The number of aromatic nitrogens is 1. The second-order valence-electron chi connectivity index (χ2n) is 4.28. The zero-order valence-electron chi connectivity index (χ0n) is 11.3. The van der Waals surface area contributed by atoms with Crippen LogP contribution in [0.3, 0.4) is 0 Å². The summed E-state index contributed by atoms with van der Waals surface area (Å²) in [5.74, 6) is 0. The van der Waals surface area contributed by atoms with Crippen LogP contribution < -0.4 is 10.6 Å². The SMILES string of the molecule is CCCNc1cncc(NC(C)C(CO)SC)c1. The number of hydrogen-bond acceptors (Lipinski definition) is 5. The predicted molar refractivity (Wildman–Crippen MR) is 80.5 cm³/mol. The van der Waals surface area contributed by atoms with Crippen LogP contribution in [0.1, 0.15) is 20.3 Å². The number of pyridine rings is 1. The molecule has 0 aliphatic heterocycles. The Labute approximate surface area is 114 Å². The van der Waals surface area contributed by atoms with Gasteiger partial charge in [0.15, 0.2) is 0 Å². The van der Waals surface area contributed by atoms with Crippen LogP contribution in [0.4, 0.5) is 11.4 Å². The number of aliphatic hydroxyl groups is 1. The average molecular weight is 269 g/mol. The molecule has 4 nitrogen and oxygen atoms in total. The zero-order chi connectivity index (χ0) is 13.4. The quantitative estimate of drug-likeness (QED) is 0.677. The van der Waals surface area contributed by atoms with E-state index in [0.717, 1.165) is 24.3 Å². The molecular weight excluding hydrogens is 246 g/mol. The summed E-state index contributed by atoms with van der Waals surface area (Å²) in [6.07, 6.45) is 6.73. The topological polar surface area (TPSA) is 57.2 Å². The number of aliphatic hydroxyl groups excluding tert-OH is 1. The van der Waals surface area contributed by atoms with Crippen molar-refractivity contribution in [2.45, 2.75) is 31.6 Å². The molecule has 1 aromatic heterocycles. The lowest BCUT2D eigenvalue weighted by atomic mass is 10.2. The Balaban J connectivity index is 2.60. The van der Waals surface area contributed by atoms with E-state index in [9.17, 15) is 5.11 Å². The molecule has 0 saturated carbocycles. The van der Waals surface area contributed by atoms with Crippen LogP contribution in [0.2, 0.25) is 0 Å². The molecule has 0 aliphatic carbocycles. The molecule has 0 aromatic carbocycles. The molecule has 5 heteroatoms. The van der Waals surface area contributed by atoms with Gasteiger partial charge in [0.1, 0.15) is 0 Å². The van der Waals surface area contributed by atoms with Crippen molar-refractivity contribution in [3.8, 4) is 0 Å². The highest BCUT2D eigenvalue weighted by Gasteiger charge is 2.14. The van der Waals surface area contributed by atoms with Gasteiger partial charge in [0.05, 0.1) is 30.4 Å². The molecule has 0 saturated heterocycles. The van der Waals surface area contributed by atoms with Crippen molar-refractivity contribution in [3.63, 3.8) is 0 Å². The van der Waals surface area contributed by atoms with Gasteiger partial charge in [-0.1, -0.05) is 6.92 Å². The molecule has 1 aromatic rings. The molecule has 0 spiro atoms. The van der Waals surface area contributed by atoms with Crippen LogP contribution in [0.15, 0.2) is 18.5 Å². The minimum Gasteiger partial charge on any atom is -0.395 e. The Hall–Kier alpha value is -0.940. The van der Waals surface area contributed by atoms with Crippen molar-refractivity contribution in [1.29, 1.82) is 0 Å². The number of anilines is 2. The maximum atomic E-state index is 9.26. The molecule has 1 heterocycles. The molecule has 0 aliphatic rings. The van der Waals surface area contributed by atoms with Gasteiger partial charge >= 0.3 is 0 Å². The van der Waals surface area contributed by atoms with Gasteiger partial charge in [-0.15, -0.1) is 0 Å². The smallest absolute Gasteiger partial charge is 0.0569 e. The summed E-state index contributed by atoms with van der Waals surface area (Å²) >= 11 is 1.67. The van der Waals surface area contributed by atoms with Gasteiger partial charge in [0.2, 0.25) is 0 Å². The molecule has 0 fully saturated rings. The molecule has 102 valence electrons. The molecule has 0 amide bonds. The molecule has 0 bridgehead atoms. The Kier molecular flexibility index (Phi) is 6.90. The molecule has 0 radical (unpaired) electrons. The minimum absolute atomic E-state index is 0.177. The van der Waals surface area contributed by atoms with Crippen LogP contribution in [0.25, 0.3) is 0 Å². The van der Waals surface area contributed by atoms with Crippen LogP contribution in [-0.4, -0.2) is 40.8 Å². The lowest BCUT2D eigenvalue weighted by molar-refractivity contribution is 0.288. The Morgan fingerprint density at radius 2 is 2.11 bits per heavy atom. The first-order valence-electron chi connectivity index (χ1n) is 6.30. The zero-order valence-corrected chi connectivity index (χ0v) is 12.1. The normalized spacial score (nSPS) is 14.0. The van der Waals surface area contributed by atoms with E-state index < -0.39 is 0 Å².